The summed E-state index contributed by atoms with van der Waals surface area (Å²) in [5.74, 6) is -2.28. The van der Waals surface area contributed by atoms with Gasteiger partial charge in [-0.2, -0.15) is 0 Å². The van der Waals surface area contributed by atoms with Gasteiger partial charge in [0.1, 0.15) is 19.3 Å². The van der Waals surface area contributed by atoms with E-state index >= 15 is 0 Å². The summed E-state index contributed by atoms with van der Waals surface area (Å²) in [7, 11) is -9.99. The topological polar surface area (TPSA) is 237 Å². The lowest BCUT2D eigenvalue weighted by Crippen LogP contribution is -2.30. The summed E-state index contributed by atoms with van der Waals surface area (Å²) in [6, 6.07) is 0. The molecule has 0 aliphatic carbocycles. The summed E-state index contributed by atoms with van der Waals surface area (Å²) in [5, 5.41) is 10.6. The molecule has 0 saturated heterocycles. The maximum absolute atomic E-state index is 13.1. The monoisotopic (exact) mass is 1470 g/mol. The number of esters is 4. The SMILES string of the molecule is CC/C=C\C/C=C\C/C=C\C/C=C\CCCCCCC(=O)OCC(COP(=O)(O)OCC(O)COP(=O)(O)OCC(COC(=O)CCCC/C=C\C/C=C\C/C=C\C/C=C\CC)OC(=O)CCCCCCCCCCCCCCC)OC(=O)CCCCCC/C=C\C/C=C\C/C=C\C/C=C\CC. The van der Waals surface area contributed by atoms with E-state index in [0.717, 1.165) is 167 Å². The molecule has 0 spiro atoms. The average Bonchev–Trinajstić information content (AvgIpc) is 0.959. The van der Waals surface area contributed by atoms with Crippen LogP contribution in [0.4, 0.5) is 0 Å². The first-order chi connectivity index (χ1) is 49.7. The lowest BCUT2D eigenvalue weighted by atomic mass is 10.0. The highest BCUT2D eigenvalue weighted by Gasteiger charge is 2.30. The standard InChI is InChI=1S/C83H138O17P2/c1-5-9-13-17-21-25-29-33-36-38-41-45-48-52-56-60-64-68-81(86)94-74-79(100-83(88)70-66-62-58-54-50-46-42-39-37-34-30-26-22-18-14-10-6-2)76-98-102(91,92)96-72-77(84)71-95-101(89,90)97-75-78(99-82(87)69-65-61-57-53-49-43-32-28-24-20-16-12-8-4)73-93-80(85)67-63-59-55-51-47-44-40-35-31-27-23-19-15-11-7-3/h9-11,13-15,21-23,25-27,33-37,40-42,45-47,51,77-79,84H,5-8,12,16-20,24,28-32,38-39,43-44,48-50,52-76H2,1-4H3,(H,89,90)(H,91,92)/b13-9-,14-10-,15-11-,25-21-,26-22-,27-23-,36-33-,37-34-,40-35-,45-41-,46-42-,51-47-. The molecule has 19 heteroatoms. The third-order valence-electron chi connectivity index (χ3n) is 15.8. The average molecular weight is 1470 g/mol. The number of rotatable bonds is 72. The maximum atomic E-state index is 13.1. The van der Waals surface area contributed by atoms with E-state index in [9.17, 15) is 43.2 Å². The van der Waals surface area contributed by atoms with Crippen LogP contribution in [0.1, 0.15) is 297 Å². The van der Waals surface area contributed by atoms with Crippen LogP contribution in [0.15, 0.2) is 146 Å². The molecular formula is C83H138O17P2. The number of carbonyl (C=O) groups is 4. The molecule has 0 bridgehead atoms. The highest BCUT2D eigenvalue weighted by Crippen LogP contribution is 2.45. The normalized spacial score (nSPS) is 14.7. The van der Waals surface area contributed by atoms with E-state index in [2.05, 4.69) is 174 Å². The Bertz CT molecular complexity index is 2510. The number of aliphatic hydroxyl groups is 1. The minimum Gasteiger partial charge on any atom is -0.462 e. The second kappa shape index (κ2) is 74.2. The van der Waals surface area contributed by atoms with Crippen molar-refractivity contribution in [1.29, 1.82) is 0 Å². The molecule has 0 rings (SSSR count). The first-order valence-corrected chi connectivity index (χ1v) is 42.1. The third-order valence-corrected chi connectivity index (χ3v) is 17.7. The predicted molar refractivity (Wildman–Crippen MR) is 417 cm³/mol. The smallest absolute Gasteiger partial charge is 0.462 e. The fourth-order valence-electron chi connectivity index (χ4n) is 9.96. The molecule has 0 radical (unpaired) electrons. The van der Waals surface area contributed by atoms with Crippen LogP contribution >= 0.6 is 15.6 Å². The minimum atomic E-state index is -5.00. The Labute approximate surface area is 617 Å². The van der Waals surface area contributed by atoms with Crippen molar-refractivity contribution < 1.29 is 80.2 Å². The van der Waals surface area contributed by atoms with Gasteiger partial charge in [0.25, 0.3) is 0 Å². The Balaban J connectivity index is 5.44. The van der Waals surface area contributed by atoms with Crippen LogP contribution in [0.25, 0.3) is 0 Å². The second-order valence-corrected chi connectivity index (χ2v) is 28.4. The molecule has 17 nitrogen and oxygen atoms in total. The molecule has 102 heavy (non-hydrogen) atoms. The van der Waals surface area contributed by atoms with Gasteiger partial charge >= 0.3 is 39.5 Å². The van der Waals surface area contributed by atoms with Gasteiger partial charge in [0.15, 0.2) is 12.2 Å². The van der Waals surface area contributed by atoms with Crippen LogP contribution in [-0.2, 0) is 65.4 Å². The summed E-state index contributed by atoms with van der Waals surface area (Å²) in [6.45, 7) is 4.43. The van der Waals surface area contributed by atoms with E-state index in [1.165, 1.54) is 51.4 Å². The van der Waals surface area contributed by atoms with Crippen molar-refractivity contribution in [2.45, 2.75) is 316 Å². The lowest BCUT2D eigenvalue weighted by Gasteiger charge is -2.21. The molecule has 0 saturated carbocycles. The Kier molecular flexibility index (Phi) is 70.5. The zero-order valence-corrected chi connectivity index (χ0v) is 65.3. The van der Waals surface area contributed by atoms with Crippen LogP contribution < -0.4 is 0 Å². The number of hydrogen-bond acceptors (Lipinski definition) is 15. The molecule has 0 aromatic carbocycles. The summed E-state index contributed by atoms with van der Waals surface area (Å²) in [4.78, 5) is 73.0. The van der Waals surface area contributed by atoms with E-state index in [0.29, 0.717) is 25.7 Å². The number of phosphoric ester groups is 2. The van der Waals surface area contributed by atoms with Crippen molar-refractivity contribution in [1.82, 2.24) is 0 Å². The Morgan fingerprint density at radius 3 is 0.804 bits per heavy atom. The van der Waals surface area contributed by atoms with E-state index < -0.39 is 97.5 Å². The first-order valence-electron chi connectivity index (χ1n) is 39.1. The highest BCUT2D eigenvalue weighted by molar-refractivity contribution is 7.47. The summed E-state index contributed by atoms with van der Waals surface area (Å²) >= 11 is 0. The van der Waals surface area contributed by atoms with Gasteiger partial charge in [-0.25, -0.2) is 9.13 Å². The Hall–Kier alpha value is -5.06. The van der Waals surface area contributed by atoms with Crippen molar-refractivity contribution in [3.05, 3.63) is 146 Å². The van der Waals surface area contributed by atoms with Crippen molar-refractivity contribution in [2.24, 2.45) is 0 Å². The first kappa shape index (κ1) is 96.9. The maximum Gasteiger partial charge on any atom is 0.472 e. The number of hydrogen-bond donors (Lipinski definition) is 3. The molecule has 582 valence electrons. The van der Waals surface area contributed by atoms with Gasteiger partial charge in [-0.15, -0.1) is 0 Å². The van der Waals surface area contributed by atoms with Gasteiger partial charge < -0.3 is 33.8 Å². The van der Waals surface area contributed by atoms with Gasteiger partial charge in [0.05, 0.1) is 26.4 Å². The highest BCUT2D eigenvalue weighted by atomic mass is 31.2. The summed E-state index contributed by atoms with van der Waals surface area (Å²) in [6.07, 6.45) is 84.0. The van der Waals surface area contributed by atoms with Gasteiger partial charge in [0, 0.05) is 25.7 Å². The minimum absolute atomic E-state index is 0.0562. The molecule has 0 amide bonds. The van der Waals surface area contributed by atoms with Crippen LogP contribution in [0, 0.1) is 0 Å². The zero-order valence-electron chi connectivity index (χ0n) is 63.5. The molecule has 0 aliphatic heterocycles. The molecule has 0 aliphatic rings. The lowest BCUT2D eigenvalue weighted by molar-refractivity contribution is -0.161. The molecule has 3 N–H and O–H groups in total. The number of carbonyl (C=O) groups excluding carboxylic acids is 4. The summed E-state index contributed by atoms with van der Waals surface area (Å²) < 4.78 is 68.5. The fourth-order valence-corrected chi connectivity index (χ4v) is 11.5. The van der Waals surface area contributed by atoms with Crippen LogP contribution in [0.5, 0.6) is 0 Å². The second-order valence-electron chi connectivity index (χ2n) is 25.5. The van der Waals surface area contributed by atoms with Crippen LogP contribution in [0.3, 0.4) is 0 Å². The van der Waals surface area contributed by atoms with Gasteiger partial charge in [-0.3, -0.25) is 37.3 Å². The zero-order chi connectivity index (χ0) is 74.6. The molecule has 0 aromatic heterocycles. The molecule has 5 atom stereocenters. The summed E-state index contributed by atoms with van der Waals surface area (Å²) in [5.41, 5.74) is 0. The van der Waals surface area contributed by atoms with Crippen molar-refractivity contribution >= 4 is 39.5 Å². The molecule has 0 fully saturated rings. The van der Waals surface area contributed by atoms with E-state index in [-0.39, 0.29) is 25.7 Å². The number of aliphatic hydroxyl groups excluding tert-OH is 1. The quantitative estimate of drug-likeness (QED) is 0.0169. The van der Waals surface area contributed by atoms with Crippen molar-refractivity contribution in [3.63, 3.8) is 0 Å². The Morgan fingerprint density at radius 2 is 0.510 bits per heavy atom. The van der Waals surface area contributed by atoms with Gasteiger partial charge in [0.2, 0.25) is 0 Å². The van der Waals surface area contributed by atoms with Gasteiger partial charge in [-0.05, 0) is 141 Å². The molecule has 0 heterocycles. The van der Waals surface area contributed by atoms with Crippen molar-refractivity contribution in [2.75, 3.05) is 39.6 Å². The number of phosphoric acid groups is 2. The largest absolute Gasteiger partial charge is 0.472 e. The van der Waals surface area contributed by atoms with E-state index in [1.807, 2.05) is 0 Å². The van der Waals surface area contributed by atoms with Crippen LogP contribution in [-0.4, -0.2) is 96.7 Å². The third kappa shape index (κ3) is 73.3. The molecule has 0 aromatic rings. The Morgan fingerprint density at radius 1 is 0.284 bits per heavy atom. The molecule has 5 unspecified atom stereocenters. The van der Waals surface area contributed by atoms with Crippen molar-refractivity contribution in [3.8, 4) is 0 Å². The van der Waals surface area contributed by atoms with E-state index in [4.69, 9.17) is 37.0 Å². The fraction of sp³-hybridized carbons (Fsp3) is 0.663. The predicted octanol–water partition coefficient (Wildman–Crippen LogP) is 22.7. The number of allylic oxidation sites excluding steroid dienone is 24. The van der Waals surface area contributed by atoms with E-state index in [1.54, 1.807) is 0 Å². The molecular weight excluding hydrogens is 1330 g/mol. The number of ether oxygens (including phenoxy) is 4. The van der Waals surface area contributed by atoms with Crippen LogP contribution in [0.2, 0.25) is 0 Å². The van der Waals surface area contributed by atoms with Gasteiger partial charge in [-0.1, -0.05) is 276 Å². The number of unbranched alkanes of at least 4 members (excludes halogenated alkanes) is 22.